The van der Waals surface area contributed by atoms with Crippen molar-refractivity contribution < 1.29 is 4.79 Å². The van der Waals surface area contributed by atoms with E-state index in [4.69, 9.17) is 0 Å². The van der Waals surface area contributed by atoms with Crippen molar-refractivity contribution in [3.8, 4) is 0 Å². The number of carbonyl (C=O) groups excluding carboxylic acids is 1. The first-order valence-electron chi connectivity index (χ1n) is 6.13. The number of amides is 1. The second-order valence-electron chi connectivity index (χ2n) is 4.43. The molecule has 1 aromatic carbocycles. The molecule has 0 aromatic heterocycles. The number of carbonyl (C=O) groups is 1. The van der Waals surface area contributed by atoms with Gasteiger partial charge in [-0.2, -0.15) is 0 Å². The summed E-state index contributed by atoms with van der Waals surface area (Å²) in [6.45, 7) is 9.78. The highest BCUT2D eigenvalue weighted by Crippen LogP contribution is 2.21. The SMILES string of the molecule is CCNCCC(=O)Nc1c(C)cc(C)cc1C. The fourth-order valence-electron chi connectivity index (χ4n) is 1.96. The minimum absolute atomic E-state index is 0.0704. The van der Waals surface area contributed by atoms with Gasteiger partial charge in [0.25, 0.3) is 0 Å². The van der Waals surface area contributed by atoms with Crippen molar-refractivity contribution in [1.29, 1.82) is 0 Å². The third-order valence-corrected chi connectivity index (χ3v) is 2.72. The number of nitrogens with one attached hydrogen (secondary N) is 2. The van der Waals surface area contributed by atoms with Crippen molar-refractivity contribution >= 4 is 11.6 Å². The average molecular weight is 234 g/mol. The zero-order valence-corrected chi connectivity index (χ0v) is 11.2. The first-order chi connectivity index (χ1) is 8.04. The Hall–Kier alpha value is -1.35. The molecule has 94 valence electrons. The van der Waals surface area contributed by atoms with Crippen LogP contribution >= 0.6 is 0 Å². The summed E-state index contributed by atoms with van der Waals surface area (Å²) in [5.74, 6) is 0.0704. The summed E-state index contributed by atoms with van der Waals surface area (Å²) in [6, 6.07) is 4.18. The molecule has 17 heavy (non-hydrogen) atoms. The van der Waals surface area contributed by atoms with E-state index < -0.39 is 0 Å². The molecule has 0 saturated carbocycles. The van der Waals surface area contributed by atoms with Gasteiger partial charge in [0.1, 0.15) is 0 Å². The second kappa shape index (κ2) is 6.40. The smallest absolute Gasteiger partial charge is 0.225 e. The van der Waals surface area contributed by atoms with Gasteiger partial charge in [0, 0.05) is 18.7 Å². The van der Waals surface area contributed by atoms with Crippen LogP contribution in [0.2, 0.25) is 0 Å². The molecule has 0 saturated heterocycles. The van der Waals surface area contributed by atoms with Gasteiger partial charge in [0.05, 0.1) is 0 Å². The van der Waals surface area contributed by atoms with Gasteiger partial charge >= 0.3 is 0 Å². The van der Waals surface area contributed by atoms with Crippen LogP contribution in [-0.2, 0) is 4.79 Å². The Labute approximate surface area is 104 Å². The number of benzene rings is 1. The maximum atomic E-state index is 11.7. The molecule has 2 N–H and O–H groups in total. The quantitative estimate of drug-likeness (QED) is 0.769. The van der Waals surface area contributed by atoms with Crippen LogP contribution < -0.4 is 10.6 Å². The van der Waals surface area contributed by atoms with Gasteiger partial charge in [-0.05, 0) is 38.4 Å². The van der Waals surface area contributed by atoms with Gasteiger partial charge in [0.2, 0.25) is 5.91 Å². The Morgan fingerprint density at radius 2 is 1.76 bits per heavy atom. The predicted octanol–water partition coefficient (Wildman–Crippen LogP) is 2.55. The Bertz CT molecular complexity index is 376. The lowest BCUT2D eigenvalue weighted by atomic mass is 10.1. The molecule has 0 aliphatic rings. The third-order valence-electron chi connectivity index (χ3n) is 2.72. The molecular weight excluding hydrogens is 212 g/mol. The van der Waals surface area contributed by atoms with E-state index in [0.717, 1.165) is 29.9 Å². The van der Waals surface area contributed by atoms with Crippen molar-refractivity contribution in [1.82, 2.24) is 5.32 Å². The van der Waals surface area contributed by atoms with Crippen molar-refractivity contribution in [2.24, 2.45) is 0 Å². The Kier molecular flexibility index (Phi) is 5.16. The highest BCUT2D eigenvalue weighted by atomic mass is 16.1. The highest BCUT2D eigenvalue weighted by molar-refractivity contribution is 5.92. The van der Waals surface area contributed by atoms with Gasteiger partial charge in [-0.1, -0.05) is 24.6 Å². The van der Waals surface area contributed by atoms with Crippen molar-refractivity contribution in [3.05, 3.63) is 28.8 Å². The average Bonchev–Trinajstić information content (AvgIpc) is 2.24. The van der Waals surface area contributed by atoms with Gasteiger partial charge in [0.15, 0.2) is 0 Å². The summed E-state index contributed by atoms with van der Waals surface area (Å²) in [5, 5.41) is 6.13. The van der Waals surface area contributed by atoms with Crippen LogP contribution in [0.5, 0.6) is 0 Å². The zero-order chi connectivity index (χ0) is 12.8. The summed E-state index contributed by atoms with van der Waals surface area (Å²) < 4.78 is 0. The third kappa shape index (κ3) is 4.19. The lowest BCUT2D eigenvalue weighted by Gasteiger charge is -2.12. The zero-order valence-electron chi connectivity index (χ0n) is 11.2. The molecule has 3 nitrogen and oxygen atoms in total. The molecule has 1 rings (SSSR count). The van der Waals surface area contributed by atoms with Crippen LogP contribution in [0.15, 0.2) is 12.1 Å². The molecule has 3 heteroatoms. The lowest BCUT2D eigenvalue weighted by Crippen LogP contribution is -2.22. The molecule has 1 aromatic rings. The van der Waals surface area contributed by atoms with E-state index in [1.807, 2.05) is 20.8 Å². The first-order valence-corrected chi connectivity index (χ1v) is 6.13. The molecule has 0 radical (unpaired) electrons. The van der Waals surface area contributed by atoms with Gasteiger partial charge in [-0.15, -0.1) is 0 Å². The number of anilines is 1. The number of aryl methyl sites for hydroxylation is 3. The van der Waals surface area contributed by atoms with Gasteiger partial charge in [-0.3, -0.25) is 4.79 Å². The van der Waals surface area contributed by atoms with Crippen LogP contribution in [-0.4, -0.2) is 19.0 Å². The van der Waals surface area contributed by atoms with Gasteiger partial charge < -0.3 is 10.6 Å². The number of hydrogen-bond acceptors (Lipinski definition) is 2. The standard InChI is InChI=1S/C14H22N2O/c1-5-15-7-6-13(17)16-14-11(3)8-10(2)9-12(14)4/h8-9,15H,5-7H2,1-4H3,(H,16,17). The van der Waals surface area contributed by atoms with Gasteiger partial charge in [-0.25, -0.2) is 0 Å². The molecule has 0 bridgehead atoms. The maximum Gasteiger partial charge on any atom is 0.225 e. The van der Waals surface area contributed by atoms with E-state index in [1.54, 1.807) is 0 Å². The first kappa shape index (κ1) is 13.7. The van der Waals surface area contributed by atoms with Crippen LogP contribution in [0.1, 0.15) is 30.0 Å². The summed E-state index contributed by atoms with van der Waals surface area (Å²) >= 11 is 0. The van der Waals surface area contributed by atoms with Crippen molar-refractivity contribution in [2.45, 2.75) is 34.1 Å². The lowest BCUT2D eigenvalue weighted by molar-refractivity contribution is -0.116. The number of hydrogen-bond donors (Lipinski definition) is 2. The Morgan fingerprint density at radius 1 is 1.18 bits per heavy atom. The Balaban J connectivity index is 2.65. The van der Waals surface area contributed by atoms with Crippen molar-refractivity contribution in [3.63, 3.8) is 0 Å². The van der Waals surface area contributed by atoms with Crippen LogP contribution in [0, 0.1) is 20.8 Å². The van der Waals surface area contributed by atoms with E-state index in [0.29, 0.717) is 6.42 Å². The van der Waals surface area contributed by atoms with E-state index in [2.05, 4.69) is 29.7 Å². The fraction of sp³-hybridized carbons (Fsp3) is 0.500. The van der Waals surface area contributed by atoms with E-state index in [-0.39, 0.29) is 5.91 Å². The van der Waals surface area contributed by atoms with Crippen LogP contribution in [0.3, 0.4) is 0 Å². The molecule has 0 aliphatic carbocycles. The maximum absolute atomic E-state index is 11.7. The molecular formula is C14H22N2O. The largest absolute Gasteiger partial charge is 0.326 e. The molecule has 0 spiro atoms. The summed E-state index contributed by atoms with van der Waals surface area (Å²) in [5.41, 5.74) is 4.43. The minimum atomic E-state index is 0.0704. The summed E-state index contributed by atoms with van der Waals surface area (Å²) in [4.78, 5) is 11.7. The minimum Gasteiger partial charge on any atom is -0.326 e. The fourth-order valence-corrected chi connectivity index (χ4v) is 1.96. The molecule has 1 amide bonds. The monoisotopic (exact) mass is 234 g/mol. The molecule has 0 fully saturated rings. The topological polar surface area (TPSA) is 41.1 Å². The van der Waals surface area contributed by atoms with E-state index in [9.17, 15) is 4.79 Å². The Morgan fingerprint density at radius 3 is 2.29 bits per heavy atom. The summed E-state index contributed by atoms with van der Waals surface area (Å²) in [7, 11) is 0. The molecule has 0 aliphatic heterocycles. The van der Waals surface area contributed by atoms with Crippen molar-refractivity contribution in [2.75, 3.05) is 18.4 Å². The molecule has 0 heterocycles. The normalized spacial score (nSPS) is 10.4. The van der Waals surface area contributed by atoms with Crippen LogP contribution in [0.4, 0.5) is 5.69 Å². The van der Waals surface area contributed by atoms with E-state index in [1.165, 1.54) is 5.56 Å². The second-order valence-corrected chi connectivity index (χ2v) is 4.43. The number of rotatable bonds is 5. The molecule has 0 unspecified atom stereocenters. The highest BCUT2D eigenvalue weighted by Gasteiger charge is 2.07. The van der Waals surface area contributed by atoms with Crippen LogP contribution in [0.25, 0.3) is 0 Å². The summed E-state index contributed by atoms with van der Waals surface area (Å²) in [6.07, 6.45) is 0.514. The molecule has 0 atom stereocenters. The predicted molar refractivity (Wildman–Crippen MR) is 72.4 cm³/mol. The van der Waals surface area contributed by atoms with E-state index >= 15 is 0 Å².